The zero-order chi connectivity index (χ0) is 22.5. The summed E-state index contributed by atoms with van der Waals surface area (Å²) in [6.07, 6.45) is 3.85. The number of benzene rings is 2. The molecule has 2 aromatic carbocycles. The monoisotopic (exact) mass is 452 g/mol. The Balaban J connectivity index is 1.66. The van der Waals surface area contributed by atoms with Crippen molar-refractivity contribution in [3.05, 3.63) is 92.5 Å². The van der Waals surface area contributed by atoms with Crippen LogP contribution in [0.25, 0.3) is 17.3 Å². The van der Waals surface area contributed by atoms with Crippen LogP contribution < -0.4 is 10.9 Å². The highest BCUT2D eigenvalue weighted by atomic mass is 35.5. The highest BCUT2D eigenvalue weighted by Crippen LogP contribution is 2.20. The molecule has 1 N–H and O–H groups in total. The lowest BCUT2D eigenvalue weighted by atomic mass is 10.1. The molecule has 1 aliphatic rings. The number of allylic oxidation sites excluding steroid dienone is 1. The fourth-order valence-electron chi connectivity index (χ4n) is 3.75. The maximum Gasteiger partial charge on any atom is 0.271 e. The lowest BCUT2D eigenvalue weighted by molar-refractivity contribution is 0.231. The first-order valence-electron chi connectivity index (χ1n) is 10.7. The van der Waals surface area contributed by atoms with Gasteiger partial charge in [0.2, 0.25) is 0 Å². The van der Waals surface area contributed by atoms with Crippen LogP contribution in [-0.4, -0.2) is 40.9 Å². The largest absolute Gasteiger partial charge is 0.314 e. The van der Waals surface area contributed by atoms with Gasteiger partial charge in [0.1, 0.15) is 5.82 Å². The molecule has 32 heavy (non-hydrogen) atoms. The molecule has 0 spiro atoms. The maximum absolute atomic E-state index is 13.8. The van der Waals surface area contributed by atoms with Crippen molar-refractivity contribution in [2.45, 2.75) is 20.0 Å². The van der Waals surface area contributed by atoms with Crippen LogP contribution in [0, 0.1) is 12.7 Å². The molecule has 166 valence electrons. The number of halogens is 2. The van der Waals surface area contributed by atoms with Gasteiger partial charge in [0.25, 0.3) is 5.56 Å². The van der Waals surface area contributed by atoms with Crippen LogP contribution >= 0.6 is 11.6 Å². The Morgan fingerprint density at radius 1 is 1.12 bits per heavy atom. The molecule has 2 heterocycles. The molecule has 4 rings (SSSR count). The second-order valence-electron chi connectivity index (χ2n) is 7.99. The van der Waals surface area contributed by atoms with E-state index in [2.05, 4.69) is 15.3 Å². The van der Waals surface area contributed by atoms with Crippen LogP contribution in [-0.2, 0) is 13.1 Å². The van der Waals surface area contributed by atoms with Crippen molar-refractivity contribution in [1.29, 1.82) is 0 Å². The van der Waals surface area contributed by atoms with Gasteiger partial charge >= 0.3 is 0 Å². The average molecular weight is 453 g/mol. The van der Waals surface area contributed by atoms with E-state index < -0.39 is 0 Å². The molecule has 0 bridgehead atoms. The van der Waals surface area contributed by atoms with E-state index in [1.807, 2.05) is 42.5 Å². The first-order valence-corrected chi connectivity index (χ1v) is 11.1. The Hall–Kier alpha value is -2.80. The van der Waals surface area contributed by atoms with Crippen LogP contribution in [0.15, 0.2) is 59.4 Å². The first kappa shape index (κ1) is 22.4. The van der Waals surface area contributed by atoms with Crippen LogP contribution in [0.1, 0.15) is 16.7 Å². The lowest BCUT2D eigenvalue weighted by Crippen LogP contribution is -2.44. The molecule has 0 radical (unpaired) electrons. The van der Waals surface area contributed by atoms with Crippen molar-refractivity contribution in [1.82, 2.24) is 20.0 Å². The third kappa shape index (κ3) is 5.51. The summed E-state index contributed by atoms with van der Waals surface area (Å²) in [4.78, 5) is 15.4. The highest BCUT2D eigenvalue weighted by molar-refractivity contribution is 6.30. The third-order valence-electron chi connectivity index (χ3n) is 5.56. The minimum Gasteiger partial charge on any atom is -0.314 e. The maximum atomic E-state index is 13.8. The summed E-state index contributed by atoms with van der Waals surface area (Å²) >= 11 is 5.95. The fraction of sp³-hybridized carbons (Fsp3) is 0.280. The number of hydrogen-bond acceptors (Lipinski definition) is 4. The minimum atomic E-state index is -0.256. The zero-order valence-electron chi connectivity index (χ0n) is 18.0. The third-order valence-corrected chi connectivity index (χ3v) is 5.82. The Morgan fingerprint density at radius 3 is 2.59 bits per heavy atom. The van der Waals surface area contributed by atoms with Crippen molar-refractivity contribution in [3.8, 4) is 11.3 Å². The summed E-state index contributed by atoms with van der Waals surface area (Å²) < 4.78 is 15.3. The second kappa shape index (κ2) is 10.2. The van der Waals surface area contributed by atoms with E-state index in [0.29, 0.717) is 34.9 Å². The van der Waals surface area contributed by atoms with Crippen LogP contribution in [0.2, 0.25) is 5.02 Å². The molecular formula is C25H26ClFN4O. The zero-order valence-corrected chi connectivity index (χ0v) is 18.8. The summed E-state index contributed by atoms with van der Waals surface area (Å²) in [6, 6.07) is 14.3. The van der Waals surface area contributed by atoms with Crippen molar-refractivity contribution < 1.29 is 4.39 Å². The van der Waals surface area contributed by atoms with Crippen LogP contribution in [0.3, 0.4) is 0 Å². The Morgan fingerprint density at radius 2 is 1.88 bits per heavy atom. The molecular weight excluding hydrogens is 427 g/mol. The standard InChI is InChI=1S/C25H26ClFN4O/c1-18-15-20(6-9-23(18)27)24-16-21(17-30-13-10-28-11-14-30)25(32)31(29-24)12-2-3-19-4-7-22(26)8-5-19/h2-9,15-16,28H,10-14,17H2,1H3. The number of aromatic nitrogens is 2. The van der Waals surface area contributed by atoms with Gasteiger partial charge in [0, 0.05) is 48.9 Å². The number of rotatable bonds is 6. The molecule has 0 amide bonds. The predicted octanol–water partition coefficient (Wildman–Crippen LogP) is 4.13. The molecule has 7 heteroatoms. The fourth-order valence-corrected chi connectivity index (χ4v) is 3.88. The Kier molecular flexibility index (Phi) is 7.15. The van der Waals surface area contributed by atoms with E-state index >= 15 is 0 Å². The lowest BCUT2D eigenvalue weighted by Gasteiger charge is -2.27. The topological polar surface area (TPSA) is 50.2 Å². The molecule has 0 unspecified atom stereocenters. The summed E-state index contributed by atoms with van der Waals surface area (Å²) in [5.41, 5.74) is 3.59. The number of aryl methyl sites for hydroxylation is 1. The van der Waals surface area contributed by atoms with Gasteiger partial charge in [-0.15, -0.1) is 0 Å². The van der Waals surface area contributed by atoms with Crippen molar-refractivity contribution in [2.24, 2.45) is 0 Å². The summed E-state index contributed by atoms with van der Waals surface area (Å²) in [6.45, 7) is 6.24. The van der Waals surface area contributed by atoms with Gasteiger partial charge in [0.15, 0.2) is 0 Å². The quantitative estimate of drug-likeness (QED) is 0.611. The van der Waals surface area contributed by atoms with Crippen LogP contribution in [0.5, 0.6) is 0 Å². The molecule has 0 saturated carbocycles. The molecule has 0 aliphatic carbocycles. The molecule has 1 aliphatic heterocycles. The molecule has 1 fully saturated rings. The smallest absolute Gasteiger partial charge is 0.271 e. The van der Waals surface area contributed by atoms with E-state index in [1.165, 1.54) is 10.7 Å². The molecule has 5 nitrogen and oxygen atoms in total. The van der Waals surface area contributed by atoms with E-state index in [1.54, 1.807) is 19.1 Å². The van der Waals surface area contributed by atoms with Crippen molar-refractivity contribution >= 4 is 17.7 Å². The van der Waals surface area contributed by atoms with Gasteiger partial charge < -0.3 is 5.32 Å². The average Bonchev–Trinajstić information content (AvgIpc) is 2.80. The molecule has 0 atom stereocenters. The van der Waals surface area contributed by atoms with Gasteiger partial charge in [-0.1, -0.05) is 35.9 Å². The SMILES string of the molecule is Cc1cc(-c2cc(CN3CCNCC3)c(=O)n(CC=Cc3ccc(Cl)cc3)n2)ccc1F. The number of hydrogen-bond donors (Lipinski definition) is 1. The summed E-state index contributed by atoms with van der Waals surface area (Å²) in [7, 11) is 0. The molecule has 1 aromatic heterocycles. The summed E-state index contributed by atoms with van der Waals surface area (Å²) in [5.74, 6) is -0.256. The predicted molar refractivity (Wildman–Crippen MR) is 127 cm³/mol. The molecule has 3 aromatic rings. The Labute approximate surface area is 192 Å². The minimum absolute atomic E-state index is 0.105. The van der Waals surface area contributed by atoms with Crippen LogP contribution in [0.4, 0.5) is 4.39 Å². The summed E-state index contributed by atoms with van der Waals surface area (Å²) in [5, 5.41) is 8.60. The van der Waals surface area contributed by atoms with Gasteiger partial charge in [-0.25, -0.2) is 9.07 Å². The first-order chi connectivity index (χ1) is 15.5. The van der Waals surface area contributed by atoms with E-state index in [0.717, 1.165) is 37.3 Å². The van der Waals surface area contributed by atoms with Gasteiger partial charge in [-0.05, 0) is 54.4 Å². The van der Waals surface area contributed by atoms with Crippen molar-refractivity contribution in [2.75, 3.05) is 26.2 Å². The van der Waals surface area contributed by atoms with E-state index in [9.17, 15) is 9.18 Å². The Bertz CT molecular complexity index is 1170. The number of piperazine rings is 1. The number of nitrogens with one attached hydrogen (secondary N) is 1. The molecule has 1 saturated heterocycles. The second-order valence-corrected chi connectivity index (χ2v) is 8.42. The van der Waals surface area contributed by atoms with Gasteiger partial charge in [0.05, 0.1) is 12.2 Å². The van der Waals surface area contributed by atoms with E-state index in [4.69, 9.17) is 11.6 Å². The van der Waals surface area contributed by atoms with Crippen molar-refractivity contribution in [3.63, 3.8) is 0 Å². The van der Waals surface area contributed by atoms with Gasteiger partial charge in [-0.3, -0.25) is 9.69 Å². The van der Waals surface area contributed by atoms with Gasteiger partial charge in [-0.2, -0.15) is 5.10 Å². The number of nitrogens with zero attached hydrogens (tertiary/aromatic N) is 3. The normalized spacial score (nSPS) is 14.8. The van der Waals surface area contributed by atoms with E-state index in [-0.39, 0.29) is 11.4 Å². The highest BCUT2D eigenvalue weighted by Gasteiger charge is 2.15.